The Morgan fingerprint density at radius 3 is 2.33 bits per heavy atom. The van der Waals surface area contributed by atoms with Crippen molar-refractivity contribution in [2.45, 2.75) is 20.4 Å². The molecule has 3 rings (SSSR count). The molecule has 0 amide bonds. The SMILES string of the molecule is Cc1cccc(C)c1Nc1cc(N(C)Cc2ccccc2)ncn1. The molecule has 122 valence electrons. The van der Waals surface area contributed by atoms with Gasteiger partial charge in [0, 0.05) is 25.3 Å². The summed E-state index contributed by atoms with van der Waals surface area (Å²) in [6, 6.07) is 18.6. The van der Waals surface area contributed by atoms with E-state index in [-0.39, 0.29) is 0 Å². The van der Waals surface area contributed by atoms with Gasteiger partial charge in [-0.25, -0.2) is 9.97 Å². The Balaban J connectivity index is 1.79. The average Bonchev–Trinajstić information content (AvgIpc) is 2.59. The standard InChI is InChI=1S/C20H22N4/c1-15-8-7-9-16(2)20(15)23-18-12-19(22-14-21-18)24(3)13-17-10-5-4-6-11-17/h4-12,14H,13H2,1-3H3,(H,21,22,23). The highest BCUT2D eigenvalue weighted by Gasteiger charge is 2.07. The van der Waals surface area contributed by atoms with Gasteiger partial charge < -0.3 is 10.2 Å². The topological polar surface area (TPSA) is 41.0 Å². The molecule has 24 heavy (non-hydrogen) atoms. The normalized spacial score (nSPS) is 10.5. The minimum atomic E-state index is 0.803. The molecule has 0 spiro atoms. The number of para-hydroxylation sites is 1. The van der Waals surface area contributed by atoms with Crippen molar-refractivity contribution in [1.29, 1.82) is 0 Å². The van der Waals surface area contributed by atoms with Gasteiger partial charge in [0.1, 0.15) is 18.0 Å². The van der Waals surface area contributed by atoms with E-state index in [2.05, 4.69) is 76.5 Å². The van der Waals surface area contributed by atoms with Crippen LogP contribution in [0.2, 0.25) is 0 Å². The summed E-state index contributed by atoms with van der Waals surface area (Å²) in [5, 5.41) is 3.42. The molecule has 0 bridgehead atoms. The second-order valence-corrected chi connectivity index (χ2v) is 5.99. The van der Waals surface area contributed by atoms with Crippen molar-refractivity contribution in [3.63, 3.8) is 0 Å². The second-order valence-electron chi connectivity index (χ2n) is 5.99. The highest BCUT2D eigenvalue weighted by atomic mass is 15.2. The first kappa shape index (κ1) is 16.0. The average molecular weight is 318 g/mol. The molecule has 0 radical (unpaired) electrons. The summed E-state index contributed by atoms with van der Waals surface area (Å²) in [6.07, 6.45) is 1.60. The van der Waals surface area contributed by atoms with Crippen molar-refractivity contribution in [3.8, 4) is 0 Å². The van der Waals surface area contributed by atoms with Gasteiger partial charge in [0.2, 0.25) is 0 Å². The van der Waals surface area contributed by atoms with Gasteiger partial charge in [0.15, 0.2) is 0 Å². The van der Waals surface area contributed by atoms with Crippen LogP contribution in [0.15, 0.2) is 60.9 Å². The summed E-state index contributed by atoms with van der Waals surface area (Å²) >= 11 is 0. The van der Waals surface area contributed by atoms with Gasteiger partial charge in [-0.3, -0.25) is 0 Å². The minimum absolute atomic E-state index is 0.803. The van der Waals surface area contributed by atoms with Crippen LogP contribution in [-0.2, 0) is 6.54 Å². The van der Waals surface area contributed by atoms with Crippen molar-refractivity contribution in [1.82, 2.24) is 9.97 Å². The second kappa shape index (κ2) is 7.13. The van der Waals surface area contributed by atoms with Crippen LogP contribution >= 0.6 is 0 Å². The molecule has 1 N–H and O–H groups in total. The van der Waals surface area contributed by atoms with Gasteiger partial charge in [0.05, 0.1) is 0 Å². The Morgan fingerprint density at radius 1 is 0.917 bits per heavy atom. The van der Waals surface area contributed by atoms with Crippen LogP contribution in [0.3, 0.4) is 0 Å². The zero-order chi connectivity index (χ0) is 16.9. The van der Waals surface area contributed by atoms with E-state index in [4.69, 9.17) is 0 Å². The predicted octanol–water partition coefficient (Wildman–Crippen LogP) is 4.47. The first-order chi connectivity index (χ1) is 11.6. The maximum Gasteiger partial charge on any atom is 0.135 e. The van der Waals surface area contributed by atoms with Crippen molar-refractivity contribution >= 4 is 17.3 Å². The van der Waals surface area contributed by atoms with E-state index in [1.807, 2.05) is 19.2 Å². The third kappa shape index (κ3) is 3.71. The molecular weight excluding hydrogens is 296 g/mol. The van der Waals surface area contributed by atoms with E-state index in [1.54, 1.807) is 6.33 Å². The highest BCUT2D eigenvalue weighted by molar-refractivity contribution is 5.65. The predicted molar refractivity (Wildman–Crippen MR) is 99.8 cm³/mol. The van der Waals surface area contributed by atoms with Crippen molar-refractivity contribution < 1.29 is 0 Å². The monoisotopic (exact) mass is 318 g/mol. The van der Waals surface area contributed by atoms with E-state index in [0.29, 0.717) is 0 Å². The van der Waals surface area contributed by atoms with Crippen molar-refractivity contribution in [2.75, 3.05) is 17.3 Å². The molecule has 2 aromatic carbocycles. The minimum Gasteiger partial charge on any atom is -0.355 e. The van der Waals surface area contributed by atoms with E-state index in [1.165, 1.54) is 16.7 Å². The Morgan fingerprint density at radius 2 is 1.62 bits per heavy atom. The maximum atomic E-state index is 4.40. The van der Waals surface area contributed by atoms with Crippen LogP contribution in [-0.4, -0.2) is 17.0 Å². The lowest BCUT2D eigenvalue weighted by atomic mass is 10.1. The fourth-order valence-electron chi connectivity index (χ4n) is 2.70. The van der Waals surface area contributed by atoms with Crippen LogP contribution in [0.4, 0.5) is 17.3 Å². The van der Waals surface area contributed by atoms with Crippen LogP contribution < -0.4 is 10.2 Å². The van der Waals surface area contributed by atoms with Gasteiger partial charge in [0.25, 0.3) is 0 Å². The summed E-state index contributed by atoms with van der Waals surface area (Å²) in [5.74, 6) is 1.69. The Bertz CT molecular complexity index is 795. The van der Waals surface area contributed by atoms with Gasteiger partial charge in [-0.1, -0.05) is 48.5 Å². The van der Waals surface area contributed by atoms with Gasteiger partial charge in [-0.2, -0.15) is 0 Å². The molecule has 0 aliphatic rings. The summed E-state index contributed by atoms with van der Waals surface area (Å²) in [7, 11) is 2.04. The fraction of sp³-hybridized carbons (Fsp3) is 0.200. The molecule has 1 heterocycles. The van der Waals surface area contributed by atoms with Gasteiger partial charge in [-0.15, -0.1) is 0 Å². The molecule has 0 aliphatic heterocycles. The molecule has 3 aromatic rings. The smallest absolute Gasteiger partial charge is 0.135 e. The molecular formula is C20H22N4. The summed E-state index contributed by atoms with van der Waals surface area (Å²) < 4.78 is 0. The number of aromatic nitrogens is 2. The zero-order valence-electron chi connectivity index (χ0n) is 14.3. The first-order valence-electron chi connectivity index (χ1n) is 8.04. The number of hydrogen-bond acceptors (Lipinski definition) is 4. The maximum absolute atomic E-state index is 4.40. The quantitative estimate of drug-likeness (QED) is 0.753. The number of rotatable bonds is 5. The molecule has 0 aliphatic carbocycles. The van der Waals surface area contributed by atoms with E-state index < -0.39 is 0 Å². The Labute approximate surface area is 143 Å². The molecule has 0 atom stereocenters. The molecule has 4 nitrogen and oxygen atoms in total. The number of hydrogen-bond donors (Lipinski definition) is 1. The number of nitrogens with one attached hydrogen (secondary N) is 1. The van der Waals surface area contributed by atoms with Crippen molar-refractivity contribution in [3.05, 3.63) is 77.6 Å². The molecule has 0 saturated carbocycles. The van der Waals surface area contributed by atoms with E-state index >= 15 is 0 Å². The number of aryl methyl sites for hydroxylation is 2. The summed E-state index contributed by atoms with van der Waals surface area (Å²) in [5.41, 5.74) is 4.76. The van der Waals surface area contributed by atoms with E-state index in [0.717, 1.165) is 23.9 Å². The molecule has 0 unspecified atom stereocenters. The van der Waals surface area contributed by atoms with Crippen molar-refractivity contribution in [2.24, 2.45) is 0 Å². The van der Waals surface area contributed by atoms with Crippen LogP contribution in [0, 0.1) is 13.8 Å². The summed E-state index contributed by atoms with van der Waals surface area (Å²) in [6.45, 7) is 5.00. The van der Waals surface area contributed by atoms with Gasteiger partial charge >= 0.3 is 0 Å². The van der Waals surface area contributed by atoms with E-state index in [9.17, 15) is 0 Å². The number of nitrogens with zero attached hydrogens (tertiary/aromatic N) is 3. The van der Waals surface area contributed by atoms with Crippen LogP contribution in [0.25, 0.3) is 0 Å². The lowest BCUT2D eigenvalue weighted by Crippen LogP contribution is -2.18. The Hall–Kier alpha value is -2.88. The van der Waals surface area contributed by atoms with Crippen LogP contribution in [0.1, 0.15) is 16.7 Å². The molecule has 1 aromatic heterocycles. The van der Waals surface area contributed by atoms with Gasteiger partial charge in [-0.05, 0) is 30.5 Å². The lowest BCUT2D eigenvalue weighted by molar-refractivity contribution is 0.892. The number of anilines is 3. The zero-order valence-corrected chi connectivity index (χ0v) is 14.3. The fourth-order valence-corrected chi connectivity index (χ4v) is 2.70. The molecule has 4 heteroatoms. The molecule has 0 fully saturated rings. The Kier molecular flexibility index (Phi) is 4.75. The molecule has 0 saturated heterocycles. The summed E-state index contributed by atoms with van der Waals surface area (Å²) in [4.78, 5) is 10.9. The highest BCUT2D eigenvalue weighted by Crippen LogP contribution is 2.24. The number of benzene rings is 2. The lowest BCUT2D eigenvalue weighted by Gasteiger charge is -2.19. The third-order valence-electron chi connectivity index (χ3n) is 4.04. The van der Waals surface area contributed by atoms with Crippen LogP contribution in [0.5, 0.6) is 0 Å². The first-order valence-corrected chi connectivity index (χ1v) is 8.04. The third-order valence-corrected chi connectivity index (χ3v) is 4.04. The largest absolute Gasteiger partial charge is 0.355 e.